The standard InChI is InChI=1S/C14H18N4O2/c1-3-9-15-14(19)18(2)10-12-16-13(17-20-12)11-7-5-4-6-8-11/h4-8H,3,9-10H2,1-2H3,(H,15,19). The van der Waals surface area contributed by atoms with Gasteiger partial charge >= 0.3 is 6.03 Å². The Kier molecular flexibility index (Phi) is 4.70. The largest absolute Gasteiger partial charge is 0.338 e. The molecule has 0 aliphatic rings. The van der Waals surface area contributed by atoms with Crippen LogP contribution in [0.1, 0.15) is 19.2 Å². The summed E-state index contributed by atoms with van der Waals surface area (Å²) in [4.78, 5) is 17.5. The highest BCUT2D eigenvalue weighted by atomic mass is 16.5. The molecule has 1 aromatic heterocycles. The zero-order chi connectivity index (χ0) is 14.4. The Morgan fingerprint density at radius 3 is 2.80 bits per heavy atom. The van der Waals surface area contributed by atoms with Crippen LogP contribution in [0.2, 0.25) is 0 Å². The zero-order valence-electron chi connectivity index (χ0n) is 11.7. The van der Waals surface area contributed by atoms with Crippen molar-refractivity contribution in [3.8, 4) is 11.4 Å². The summed E-state index contributed by atoms with van der Waals surface area (Å²) in [5, 5.41) is 6.70. The first kappa shape index (κ1) is 14.0. The van der Waals surface area contributed by atoms with Crippen molar-refractivity contribution in [3.05, 3.63) is 36.2 Å². The van der Waals surface area contributed by atoms with E-state index in [1.54, 1.807) is 7.05 Å². The molecule has 2 rings (SSSR count). The number of urea groups is 1. The van der Waals surface area contributed by atoms with Crippen LogP contribution in [0, 0.1) is 0 Å². The van der Waals surface area contributed by atoms with Crippen LogP contribution in [0.4, 0.5) is 4.79 Å². The third-order valence-corrected chi connectivity index (χ3v) is 2.75. The van der Waals surface area contributed by atoms with Crippen LogP contribution in [0.3, 0.4) is 0 Å². The number of carbonyl (C=O) groups is 1. The summed E-state index contributed by atoms with van der Waals surface area (Å²) in [5.41, 5.74) is 0.889. The smallest absolute Gasteiger partial charge is 0.317 e. The molecular formula is C14H18N4O2. The van der Waals surface area contributed by atoms with E-state index in [1.165, 1.54) is 4.90 Å². The van der Waals surface area contributed by atoms with E-state index in [9.17, 15) is 4.79 Å². The van der Waals surface area contributed by atoms with E-state index < -0.39 is 0 Å². The van der Waals surface area contributed by atoms with Gasteiger partial charge < -0.3 is 14.7 Å². The molecule has 106 valence electrons. The van der Waals surface area contributed by atoms with Gasteiger partial charge in [0.05, 0.1) is 0 Å². The fourth-order valence-electron chi connectivity index (χ4n) is 1.67. The lowest BCUT2D eigenvalue weighted by Crippen LogP contribution is -2.37. The zero-order valence-corrected chi connectivity index (χ0v) is 11.7. The van der Waals surface area contributed by atoms with Crippen molar-refractivity contribution in [2.24, 2.45) is 0 Å². The second kappa shape index (κ2) is 6.70. The average Bonchev–Trinajstić information content (AvgIpc) is 2.94. The van der Waals surface area contributed by atoms with Gasteiger partial charge in [0.1, 0.15) is 6.54 Å². The number of carbonyl (C=O) groups excluding carboxylic acids is 1. The summed E-state index contributed by atoms with van der Waals surface area (Å²) >= 11 is 0. The Hall–Kier alpha value is -2.37. The second-order valence-corrected chi connectivity index (χ2v) is 4.47. The van der Waals surface area contributed by atoms with E-state index in [1.807, 2.05) is 37.3 Å². The van der Waals surface area contributed by atoms with Gasteiger partial charge in [-0.15, -0.1) is 0 Å². The van der Waals surface area contributed by atoms with Crippen LogP contribution in [0.5, 0.6) is 0 Å². The Morgan fingerprint density at radius 2 is 2.10 bits per heavy atom. The molecule has 1 heterocycles. The summed E-state index contributed by atoms with van der Waals surface area (Å²) in [6.45, 7) is 2.95. The van der Waals surface area contributed by atoms with Gasteiger partial charge in [0.25, 0.3) is 0 Å². The van der Waals surface area contributed by atoms with Gasteiger partial charge in [0.2, 0.25) is 11.7 Å². The summed E-state index contributed by atoms with van der Waals surface area (Å²) in [6, 6.07) is 9.42. The SMILES string of the molecule is CCCNC(=O)N(C)Cc1nc(-c2ccccc2)no1. The van der Waals surface area contributed by atoms with E-state index in [2.05, 4.69) is 15.5 Å². The highest BCUT2D eigenvalue weighted by molar-refractivity contribution is 5.73. The maximum absolute atomic E-state index is 11.7. The van der Waals surface area contributed by atoms with Crippen molar-refractivity contribution in [1.29, 1.82) is 0 Å². The highest BCUT2D eigenvalue weighted by Crippen LogP contribution is 2.15. The third kappa shape index (κ3) is 3.57. The van der Waals surface area contributed by atoms with Crippen LogP contribution in [-0.2, 0) is 6.54 Å². The van der Waals surface area contributed by atoms with Crippen LogP contribution < -0.4 is 5.32 Å². The molecule has 0 bridgehead atoms. The summed E-state index contributed by atoms with van der Waals surface area (Å²) < 4.78 is 5.16. The first-order chi connectivity index (χ1) is 9.70. The molecule has 20 heavy (non-hydrogen) atoms. The first-order valence-electron chi connectivity index (χ1n) is 6.57. The van der Waals surface area contributed by atoms with Crippen molar-refractivity contribution >= 4 is 6.03 Å². The number of hydrogen-bond acceptors (Lipinski definition) is 4. The van der Waals surface area contributed by atoms with E-state index >= 15 is 0 Å². The lowest BCUT2D eigenvalue weighted by molar-refractivity contribution is 0.199. The predicted molar refractivity (Wildman–Crippen MR) is 74.9 cm³/mol. The maximum Gasteiger partial charge on any atom is 0.317 e. The summed E-state index contributed by atoms with van der Waals surface area (Å²) in [7, 11) is 1.69. The molecule has 0 unspecified atom stereocenters. The number of benzene rings is 1. The average molecular weight is 274 g/mol. The molecule has 0 spiro atoms. The molecule has 1 aromatic carbocycles. The normalized spacial score (nSPS) is 10.3. The van der Waals surface area contributed by atoms with Crippen molar-refractivity contribution < 1.29 is 9.32 Å². The number of nitrogens with zero attached hydrogens (tertiary/aromatic N) is 3. The molecule has 0 aliphatic carbocycles. The number of rotatable bonds is 5. The lowest BCUT2D eigenvalue weighted by Gasteiger charge is -2.15. The Bertz CT molecular complexity index is 553. The Morgan fingerprint density at radius 1 is 1.35 bits per heavy atom. The van der Waals surface area contributed by atoms with E-state index in [0.717, 1.165) is 12.0 Å². The minimum atomic E-state index is -0.147. The monoisotopic (exact) mass is 274 g/mol. The Balaban J connectivity index is 1.98. The molecule has 0 radical (unpaired) electrons. The predicted octanol–water partition coefficient (Wildman–Crippen LogP) is 2.29. The molecule has 0 fully saturated rings. The second-order valence-electron chi connectivity index (χ2n) is 4.47. The molecule has 0 aliphatic heterocycles. The molecule has 6 heteroatoms. The molecule has 2 aromatic rings. The van der Waals surface area contributed by atoms with Crippen molar-refractivity contribution in [2.75, 3.05) is 13.6 Å². The highest BCUT2D eigenvalue weighted by Gasteiger charge is 2.13. The van der Waals surface area contributed by atoms with E-state index in [0.29, 0.717) is 18.3 Å². The molecule has 0 saturated heterocycles. The Labute approximate surface area is 117 Å². The van der Waals surface area contributed by atoms with Crippen LogP contribution >= 0.6 is 0 Å². The van der Waals surface area contributed by atoms with Gasteiger partial charge in [-0.25, -0.2) is 4.79 Å². The van der Waals surface area contributed by atoms with Gasteiger partial charge in [-0.3, -0.25) is 0 Å². The molecular weight excluding hydrogens is 256 g/mol. The van der Waals surface area contributed by atoms with E-state index in [4.69, 9.17) is 4.52 Å². The van der Waals surface area contributed by atoms with Crippen molar-refractivity contribution in [1.82, 2.24) is 20.4 Å². The van der Waals surface area contributed by atoms with Crippen LogP contribution in [-0.4, -0.2) is 34.7 Å². The van der Waals surface area contributed by atoms with Gasteiger partial charge in [-0.05, 0) is 6.42 Å². The summed E-state index contributed by atoms with van der Waals surface area (Å²) in [5.74, 6) is 0.945. The number of amides is 2. The topological polar surface area (TPSA) is 71.3 Å². The number of nitrogens with one attached hydrogen (secondary N) is 1. The molecule has 6 nitrogen and oxygen atoms in total. The fourth-order valence-corrected chi connectivity index (χ4v) is 1.67. The minimum absolute atomic E-state index is 0.147. The molecule has 0 saturated carbocycles. The van der Waals surface area contributed by atoms with Crippen molar-refractivity contribution in [3.63, 3.8) is 0 Å². The molecule has 2 amide bonds. The van der Waals surface area contributed by atoms with Crippen LogP contribution in [0.25, 0.3) is 11.4 Å². The summed E-state index contributed by atoms with van der Waals surface area (Å²) in [6.07, 6.45) is 0.901. The minimum Gasteiger partial charge on any atom is -0.338 e. The van der Waals surface area contributed by atoms with Crippen LogP contribution in [0.15, 0.2) is 34.9 Å². The molecule has 1 N–H and O–H groups in total. The quantitative estimate of drug-likeness (QED) is 0.908. The lowest BCUT2D eigenvalue weighted by atomic mass is 10.2. The maximum atomic E-state index is 11.7. The van der Waals surface area contributed by atoms with Gasteiger partial charge in [0, 0.05) is 19.2 Å². The van der Waals surface area contributed by atoms with E-state index in [-0.39, 0.29) is 12.6 Å². The van der Waals surface area contributed by atoms with Gasteiger partial charge in [-0.2, -0.15) is 4.98 Å². The number of aromatic nitrogens is 2. The first-order valence-corrected chi connectivity index (χ1v) is 6.57. The van der Waals surface area contributed by atoms with Gasteiger partial charge in [-0.1, -0.05) is 42.4 Å². The number of hydrogen-bond donors (Lipinski definition) is 1. The fraction of sp³-hybridized carbons (Fsp3) is 0.357. The van der Waals surface area contributed by atoms with Crippen molar-refractivity contribution in [2.45, 2.75) is 19.9 Å². The molecule has 0 atom stereocenters. The third-order valence-electron chi connectivity index (χ3n) is 2.75. The van der Waals surface area contributed by atoms with Gasteiger partial charge in [0.15, 0.2) is 0 Å².